The van der Waals surface area contributed by atoms with E-state index in [1.165, 1.54) is 84.2 Å². The first-order valence-corrected chi connectivity index (χ1v) is 16.9. The third-order valence-corrected chi connectivity index (χ3v) is 8.13. The van der Waals surface area contributed by atoms with Crippen LogP contribution in [0.5, 0.6) is 17.2 Å². The van der Waals surface area contributed by atoms with E-state index in [2.05, 4.69) is 6.92 Å². The van der Waals surface area contributed by atoms with Crippen molar-refractivity contribution < 1.29 is 32.5 Å². The summed E-state index contributed by atoms with van der Waals surface area (Å²) in [5, 5.41) is 0.999. The minimum absolute atomic E-state index is 0.116. The van der Waals surface area contributed by atoms with Gasteiger partial charge in [-0.25, -0.2) is 9.09 Å². The number of ether oxygens (including phenoxy) is 2. The summed E-state index contributed by atoms with van der Waals surface area (Å²) in [7, 11) is -2.93. The molecule has 41 heavy (non-hydrogen) atoms. The lowest BCUT2D eigenvalue weighted by Gasteiger charge is -2.15. The van der Waals surface area contributed by atoms with Crippen molar-refractivity contribution in [3.05, 3.63) is 60.8 Å². The highest BCUT2D eigenvalue weighted by Gasteiger charge is 2.27. The van der Waals surface area contributed by atoms with Crippen LogP contribution in [0.3, 0.4) is 0 Å². The fraction of sp³-hybridized carbons (Fsp3) is 0.545. The minimum Gasteiger partial charge on any atom is -0.493 e. The molecule has 0 fully saturated rings. The topological polar surface area (TPSA) is 78.1 Å². The number of aromatic nitrogens is 1. The van der Waals surface area contributed by atoms with Crippen LogP contribution in [0.2, 0.25) is 0 Å². The first-order valence-electron chi connectivity index (χ1n) is 15.4. The number of hydrogen-bond donors (Lipinski definition) is 1. The van der Waals surface area contributed by atoms with Crippen LogP contribution in [0.4, 0.5) is 0 Å². The highest BCUT2D eigenvalue weighted by molar-refractivity contribution is 7.47. The van der Waals surface area contributed by atoms with Crippen LogP contribution in [-0.4, -0.2) is 18.6 Å². The van der Waals surface area contributed by atoms with Gasteiger partial charge in [0.2, 0.25) is 5.52 Å². The summed E-state index contributed by atoms with van der Waals surface area (Å²) in [6.07, 6.45) is 20.2. The van der Waals surface area contributed by atoms with E-state index in [9.17, 15) is 9.46 Å². The normalized spacial score (nSPS) is 12.8. The van der Waals surface area contributed by atoms with Gasteiger partial charge in [0.05, 0.1) is 13.7 Å². The Balaban J connectivity index is 1.31. The van der Waals surface area contributed by atoms with E-state index in [1.54, 1.807) is 29.0 Å². The zero-order valence-corrected chi connectivity index (χ0v) is 25.9. The minimum atomic E-state index is -4.41. The molecular formula is C33H49NO6P+. The van der Waals surface area contributed by atoms with Crippen molar-refractivity contribution in [3.8, 4) is 17.2 Å². The lowest BCUT2D eigenvalue weighted by Crippen LogP contribution is -2.35. The van der Waals surface area contributed by atoms with Gasteiger partial charge in [0, 0.05) is 23.6 Å². The Bertz CT molecular complexity index is 1200. The molecule has 2 aromatic carbocycles. The quantitative estimate of drug-likeness (QED) is 0.0719. The zero-order chi connectivity index (χ0) is 29.2. The van der Waals surface area contributed by atoms with Crippen molar-refractivity contribution in [3.63, 3.8) is 0 Å². The maximum atomic E-state index is 12.7. The Morgan fingerprint density at radius 3 is 2.02 bits per heavy atom. The first kappa shape index (κ1) is 32.9. The third-order valence-electron chi connectivity index (χ3n) is 7.26. The number of para-hydroxylation sites is 1. The van der Waals surface area contributed by atoms with Crippen molar-refractivity contribution in [2.24, 2.45) is 0 Å². The number of benzene rings is 2. The van der Waals surface area contributed by atoms with Crippen LogP contribution < -0.4 is 18.6 Å². The Kier molecular flexibility index (Phi) is 15.1. The molecule has 1 atom stereocenters. The second kappa shape index (κ2) is 18.8. The molecule has 0 aliphatic heterocycles. The van der Waals surface area contributed by atoms with Crippen molar-refractivity contribution in [1.82, 2.24) is 0 Å². The Hall–Kier alpha value is -2.60. The van der Waals surface area contributed by atoms with Crippen molar-refractivity contribution >= 4 is 18.7 Å². The van der Waals surface area contributed by atoms with E-state index in [0.29, 0.717) is 18.1 Å². The van der Waals surface area contributed by atoms with Gasteiger partial charge in [-0.15, -0.1) is 0 Å². The van der Waals surface area contributed by atoms with E-state index < -0.39 is 7.82 Å². The van der Waals surface area contributed by atoms with Crippen molar-refractivity contribution in [2.75, 3.05) is 13.7 Å². The molecule has 1 aromatic heterocycles. The van der Waals surface area contributed by atoms with Gasteiger partial charge in [-0.2, -0.15) is 4.57 Å². The zero-order valence-electron chi connectivity index (χ0n) is 25.0. The predicted octanol–water partition coefficient (Wildman–Crippen LogP) is 9.15. The molecule has 0 saturated carbocycles. The molecule has 8 heteroatoms. The second-order valence-corrected chi connectivity index (χ2v) is 12.0. The first-order chi connectivity index (χ1) is 20.0. The highest BCUT2D eigenvalue weighted by Crippen LogP contribution is 2.47. The largest absolute Gasteiger partial charge is 0.532 e. The number of unbranched alkanes of at least 4 members (excludes halogenated alkanes) is 13. The van der Waals surface area contributed by atoms with Crippen molar-refractivity contribution in [1.29, 1.82) is 0 Å². The van der Waals surface area contributed by atoms with E-state index >= 15 is 0 Å². The van der Waals surface area contributed by atoms with Gasteiger partial charge in [-0.3, -0.25) is 4.89 Å². The molecule has 0 aliphatic rings. The van der Waals surface area contributed by atoms with Gasteiger partial charge in [0.15, 0.2) is 17.7 Å². The van der Waals surface area contributed by atoms with Crippen LogP contribution in [0.1, 0.15) is 96.8 Å². The summed E-state index contributed by atoms with van der Waals surface area (Å²) in [5.41, 5.74) is 0.882. The van der Waals surface area contributed by atoms with Gasteiger partial charge >= 0.3 is 7.82 Å². The summed E-state index contributed by atoms with van der Waals surface area (Å²) in [6, 6.07) is 16.5. The van der Waals surface area contributed by atoms with Gasteiger partial charge in [-0.1, -0.05) is 103 Å². The highest BCUT2D eigenvalue weighted by atomic mass is 31.2. The average molecular weight is 587 g/mol. The lowest BCUT2D eigenvalue weighted by molar-refractivity contribution is -0.701. The smallest absolute Gasteiger partial charge is 0.493 e. The lowest BCUT2D eigenvalue weighted by atomic mass is 10.0. The molecule has 0 spiro atoms. The fourth-order valence-corrected chi connectivity index (χ4v) is 5.64. The average Bonchev–Trinajstić information content (AvgIpc) is 2.98. The summed E-state index contributed by atoms with van der Waals surface area (Å²) in [5.74, 6) is 1.05. The number of phosphoric ester groups is 1. The van der Waals surface area contributed by atoms with Crippen LogP contribution in [0.25, 0.3) is 10.9 Å². The molecule has 1 unspecified atom stereocenters. The number of nitrogens with zero attached hydrogens (tertiary/aromatic N) is 1. The van der Waals surface area contributed by atoms with Gasteiger partial charge in [0.25, 0.3) is 6.73 Å². The molecule has 1 heterocycles. The van der Waals surface area contributed by atoms with Crippen molar-refractivity contribution in [2.45, 2.75) is 104 Å². The SMILES string of the molecule is CCCCCCCCCCCCCCCCOc1ccc(OP(=O)(O)OC[n+]2cccc3ccccc32)c(OC)c1. The van der Waals surface area contributed by atoms with Crippen LogP contribution in [-0.2, 0) is 15.8 Å². The van der Waals surface area contributed by atoms with Gasteiger partial charge in [0.1, 0.15) is 5.75 Å². The summed E-state index contributed by atoms with van der Waals surface area (Å²) < 4.78 is 36.3. The number of hydrogen-bond acceptors (Lipinski definition) is 5. The predicted molar refractivity (Wildman–Crippen MR) is 164 cm³/mol. The molecule has 1 N–H and O–H groups in total. The van der Waals surface area contributed by atoms with Gasteiger partial charge in [-0.05, 0) is 30.7 Å². The molecule has 0 aliphatic carbocycles. The maximum Gasteiger partial charge on any atom is 0.532 e. The van der Waals surface area contributed by atoms with E-state index in [4.69, 9.17) is 18.5 Å². The number of fused-ring (bicyclic) bond motifs is 1. The molecule has 7 nitrogen and oxygen atoms in total. The van der Waals surface area contributed by atoms with E-state index in [0.717, 1.165) is 23.7 Å². The molecule has 0 bridgehead atoms. The monoisotopic (exact) mass is 586 g/mol. The van der Waals surface area contributed by atoms with Crippen LogP contribution >= 0.6 is 7.82 Å². The molecule has 0 saturated heterocycles. The summed E-state index contributed by atoms with van der Waals surface area (Å²) >= 11 is 0. The standard InChI is InChI=1S/C33H48NO6P/c1-3-4-5-6-7-8-9-10-11-12-13-14-15-18-26-38-30-23-24-32(33(27-30)37-2)40-41(35,36)39-28-34-25-19-21-29-20-16-17-22-31(29)34/h16-17,19-25,27H,3-15,18,26,28H2,1-2H3/p+1. The Labute approximate surface area is 246 Å². The number of rotatable bonds is 22. The number of methoxy groups -OCH3 is 1. The fourth-order valence-electron chi connectivity index (χ4n) is 4.92. The summed E-state index contributed by atoms with van der Waals surface area (Å²) in [4.78, 5) is 10.4. The molecule has 3 aromatic rings. The van der Waals surface area contributed by atoms with Crippen LogP contribution in [0.15, 0.2) is 60.8 Å². The van der Waals surface area contributed by atoms with E-state index in [-0.39, 0.29) is 12.5 Å². The summed E-state index contributed by atoms with van der Waals surface area (Å²) in [6.45, 7) is 2.74. The molecular weight excluding hydrogens is 537 g/mol. The number of phosphoric acid groups is 1. The van der Waals surface area contributed by atoms with Crippen LogP contribution in [0, 0.1) is 0 Å². The molecule has 0 radical (unpaired) electrons. The third kappa shape index (κ3) is 12.4. The van der Waals surface area contributed by atoms with E-state index in [1.807, 2.05) is 36.4 Å². The molecule has 0 amide bonds. The molecule has 3 rings (SSSR count). The molecule has 226 valence electrons. The number of pyridine rings is 1. The Morgan fingerprint density at radius 1 is 0.756 bits per heavy atom. The Morgan fingerprint density at radius 2 is 1.37 bits per heavy atom. The van der Waals surface area contributed by atoms with Gasteiger partial charge < -0.3 is 14.0 Å². The maximum absolute atomic E-state index is 12.7. The second-order valence-electron chi connectivity index (χ2n) is 10.6.